The van der Waals surface area contributed by atoms with E-state index in [0.717, 1.165) is 29.8 Å². The fraction of sp³-hybridized carbons (Fsp3) is 0.611. The van der Waals surface area contributed by atoms with Gasteiger partial charge in [-0.3, -0.25) is 4.79 Å². The number of morpholine rings is 1. The number of nitrogens with one attached hydrogen (secondary N) is 2. The molecule has 1 saturated heterocycles. The highest BCUT2D eigenvalue weighted by Crippen LogP contribution is 2.31. The summed E-state index contributed by atoms with van der Waals surface area (Å²) in [6.45, 7) is 2.18. The van der Waals surface area contributed by atoms with Crippen LogP contribution in [0.5, 0.6) is 0 Å². The number of amides is 1. The second-order valence-corrected chi connectivity index (χ2v) is 7.68. The minimum Gasteiger partial charge on any atom is -0.378 e. The van der Waals surface area contributed by atoms with Crippen LogP contribution < -0.4 is 10.6 Å². The number of ether oxygens (including phenoxy) is 1. The predicted molar refractivity (Wildman–Crippen MR) is 95.8 cm³/mol. The largest absolute Gasteiger partial charge is 0.378 e. The Morgan fingerprint density at radius 2 is 2.22 bits per heavy atom. The van der Waals surface area contributed by atoms with Crippen LogP contribution in [-0.2, 0) is 15.3 Å². The van der Waals surface area contributed by atoms with Gasteiger partial charge in [-0.1, -0.05) is 25.0 Å². The normalized spacial score (nSPS) is 22.2. The Morgan fingerprint density at radius 3 is 3.00 bits per heavy atom. The lowest BCUT2D eigenvalue weighted by atomic mass is 10.1. The molecule has 0 aromatic heterocycles. The van der Waals surface area contributed by atoms with E-state index in [9.17, 15) is 4.79 Å². The zero-order valence-electron chi connectivity index (χ0n) is 13.6. The first-order valence-electron chi connectivity index (χ1n) is 8.61. The molecule has 2 aliphatic rings. The van der Waals surface area contributed by atoms with Gasteiger partial charge in [-0.05, 0) is 30.5 Å². The van der Waals surface area contributed by atoms with Crippen LogP contribution in [0.1, 0.15) is 37.7 Å². The van der Waals surface area contributed by atoms with Gasteiger partial charge in [-0.2, -0.15) is 11.8 Å². The van der Waals surface area contributed by atoms with Crippen LogP contribution in [0.15, 0.2) is 24.3 Å². The quantitative estimate of drug-likeness (QED) is 0.839. The van der Waals surface area contributed by atoms with Crippen molar-refractivity contribution >= 4 is 23.4 Å². The first-order chi connectivity index (χ1) is 11.3. The lowest BCUT2D eigenvalue weighted by Crippen LogP contribution is -2.43. The number of carbonyl (C=O) groups excluding carboxylic acids is 1. The van der Waals surface area contributed by atoms with E-state index in [0.29, 0.717) is 13.0 Å². The standard InChI is InChI=1S/C18H26N2O2S/c21-18(11-16-12-22-9-8-19-16)20-15-5-3-4-14(10-15)13-23-17-6-1-2-7-17/h3-5,10,16-17,19H,1-2,6-9,11-13H2,(H,20,21). The summed E-state index contributed by atoms with van der Waals surface area (Å²) in [7, 11) is 0. The zero-order valence-corrected chi connectivity index (χ0v) is 14.4. The van der Waals surface area contributed by atoms with Crippen molar-refractivity contribution in [3.63, 3.8) is 0 Å². The lowest BCUT2D eigenvalue weighted by molar-refractivity contribution is -0.117. The van der Waals surface area contributed by atoms with Crippen LogP contribution in [0.2, 0.25) is 0 Å². The topological polar surface area (TPSA) is 50.4 Å². The maximum absolute atomic E-state index is 12.1. The van der Waals surface area contributed by atoms with E-state index in [1.807, 2.05) is 12.1 Å². The van der Waals surface area contributed by atoms with Crippen LogP contribution in [0.3, 0.4) is 0 Å². The Balaban J connectivity index is 1.47. The van der Waals surface area contributed by atoms with E-state index in [1.54, 1.807) is 0 Å². The molecule has 2 fully saturated rings. The van der Waals surface area contributed by atoms with Crippen LogP contribution in [0.4, 0.5) is 5.69 Å². The van der Waals surface area contributed by atoms with Crippen molar-refractivity contribution in [2.24, 2.45) is 0 Å². The molecule has 3 rings (SSSR count). The summed E-state index contributed by atoms with van der Waals surface area (Å²) in [4.78, 5) is 12.1. The molecule has 2 N–H and O–H groups in total. The Bertz CT molecular complexity index is 511. The molecule has 1 atom stereocenters. The average molecular weight is 334 g/mol. The summed E-state index contributed by atoms with van der Waals surface area (Å²) in [5.41, 5.74) is 2.19. The molecule has 1 aliphatic carbocycles. The summed E-state index contributed by atoms with van der Waals surface area (Å²) in [5, 5.41) is 7.15. The van der Waals surface area contributed by atoms with Crippen LogP contribution >= 0.6 is 11.8 Å². The maximum Gasteiger partial charge on any atom is 0.226 e. The van der Waals surface area contributed by atoms with Crippen molar-refractivity contribution in [3.05, 3.63) is 29.8 Å². The van der Waals surface area contributed by atoms with Crippen LogP contribution in [0.25, 0.3) is 0 Å². The molecule has 0 bridgehead atoms. The third-order valence-electron chi connectivity index (χ3n) is 4.43. The van der Waals surface area contributed by atoms with E-state index in [-0.39, 0.29) is 11.9 Å². The number of rotatable bonds is 6. The Morgan fingerprint density at radius 1 is 1.35 bits per heavy atom. The minimum absolute atomic E-state index is 0.0496. The third kappa shape index (κ3) is 5.52. The van der Waals surface area contributed by atoms with Gasteiger partial charge in [0.05, 0.1) is 13.2 Å². The molecule has 1 saturated carbocycles. The Hall–Kier alpha value is -1.04. The maximum atomic E-state index is 12.1. The fourth-order valence-corrected chi connectivity index (χ4v) is 4.47. The number of carbonyl (C=O) groups is 1. The molecule has 1 aromatic carbocycles. The monoisotopic (exact) mass is 334 g/mol. The van der Waals surface area contributed by atoms with Crippen molar-refractivity contribution in [2.45, 2.75) is 49.1 Å². The van der Waals surface area contributed by atoms with Crippen molar-refractivity contribution in [2.75, 3.05) is 25.1 Å². The molecule has 126 valence electrons. The second-order valence-electron chi connectivity index (χ2n) is 6.40. The number of hydrogen-bond donors (Lipinski definition) is 2. The lowest BCUT2D eigenvalue weighted by Gasteiger charge is -2.23. The third-order valence-corrected chi connectivity index (χ3v) is 5.87. The fourth-order valence-electron chi connectivity index (χ4n) is 3.19. The van der Waals surface area contributed by atoms with E-state index in [2.05, 4.69) is 34.5 Å². The highest BCUT2D eigenvalue weighted by molar-refractivity contribution is 7.99. The molecule has 0 radical (unpaired) electrons. The average Bonchev–Trinajstić information content (AvgIpc) is 3.07. The van der Waals surface area contributed by atoms with Crippen molar-refractivity contribution < 1.29 is 9.53 Å². The highest BCUT2D eigenvalue weighted by Gasteiger charge is 2.17. The Kier molecular flexibility index (Phi) is 6.37. The van der Waals surface area contributed by atoms with Gasteiger partial charge in [0, 0.05) is 35.7 Å². The summed E-state index contributed by atoms with van der Waals surface area (Å²) >= 11 is 2.05. The molecular formula is C18H26N2O2S. The molecule has 1 unspecified atom stereocenters. The Labute approximate surface area is 142 Å². The predicted octanol–water partition coefficient (Wildman–Crippen LogP) is 3.18. The first kappa shape index (κ1) is 16.8. The van der Waals surface area contributed by atoms with E-state index in [4.69, 9.17) is 4.74 Å². The molecular weight excluding hydrogens is 308 g/mol. The molecule has 1 amide bonds. The van der Waals surface area contributed by atoms with Crippen molar-refractivity contribution in [1.82, 2.24) is 5.32 Å². The van der Waals surface area contributed by atoms with Crippen LogP contribution in [0, 0.1) is 0 Å². The summed E-state index contributed by atoms with van der Waals surface area (Å²) in [6.07, 6.45) is 5.94. The molecule has 1 aromatic rings. The van der Waals surface area contributed by atoms with E-state index >= 15 is 0 Å². The number of hydrogen-bond acceptors (Lipinski definition) is 4. The molecule has 4 nitrogen and oxygen atoms in total. The van der Waals surface area contributed by atoms with E-state index in [1.165, 1.54) is 31.2 Å². The first-order valence-corrected chi connectivity index (χ1v) is 9.66. The van der Waals surface area contributed by atoms with Crippen molar-refractivity contribution in [1.29, 1.82) is 0 Å². The highest BCUT2D eigenvalue weighted by atomic mass is 32.2. The molecule has 5 heteroatoms. The minimum atomic E-state index is 0.0496. The smallest absolute Gasteiger partial charge is 0.226 e. The van der Waals surface area contributed by atoms with Gasteiger partial charge in [0.15, 0.2) is 0 Å². The summed E-state index contributed by atoms with van der Waals surface area (Å²) in [6, 6.07) is 8.37. The van der Waals surface area contributed by atoms with Gasteiger partial charge < -0.3 is 15.4 Å². The van der Waals surface area contributed by atoms with Gasteiger partial charge in [-0.25, -0.2) is 0 Å². The van der Waals surface area contributed by atoms with E-state index < -0.39 is 0 Å². The van der Waals surface area contributed by atoms with Gasteiger partial charge in [0.1, 0.15) is 0 Å². The van der Waals surface area contributed by atoms with Crippen LogP contribution in [-0.4, -0.2) is 37.0 Å². The molecule has 23 heavy (non-hydrogen) atoms. The SMILES string of the molecule is O=C(CC1COCCN1)Nc1cccc(CSC2CCCC2)c1. The number of anilines is 1. The van der Waals surface area contributed by atoms with Gasteiger partial charge in [0.2, 0.25) is 5.91 Å². The molecule has 1 heterocycles. The zero-order chi connectivity index (χ0) is 15.9. The van der Waals surface area contributed by atoms with Gasteiger partial charge >= 0.3 is 0 Å². The number of benzene rings is 1. The molecule has 0 spiro atoms. The molecule has 1 aliphatic heterocycles. The van der Waals surface area contributed by atoms with Crippen molar-refractivity contribution in [3.8, 4) is 0 Å². The second kappa shape index (κ2) is 8.71. The summed E-state index contributed by atoms with van der Waals surface area (Å²) < 4.78 is 5.39. The van der Waals surface area contributed by atoms with Gasteiger partial charge in [0.25, 0.3) is 0 Å². The number of thioether (sulfide) groups is 1. The summed E-state index contributed by atoms with van der Waals surface area (Å²) in [5.74, 6) is 1.08. The van der Waals surface area contributed by atoms with Gasteiger partial charge in [-0.15, -0.1) is 0 Å².